The van der Waals surface area contributed by atoms with Gasteiger partial charge in [-0.05, 0) is 118 Å². The molecular weight excluding hydrogens is 863 g/mol. The quantitative estimate of drug-likeness (QED) is 0.142. The zero-order valence-corrected chi connectivity index (χ0v) is 41.6. The fourth-order valence-electron chi connectivity index (χ4n) is 11.2. The van der Waals surface area contributed by atoms with Gasteiger partial charge in [-0.2, -0.15) is 0 Å². The normalized spacial score (nSPS) is 27.8. The lowest BCUT2D eigenvalue weighted by Gasteiger charge is -2.42. The molecule has 0 spiro atoms. The fourth-order valence-corrected chi connectivity index (χ4v) is 11.2. The first-order valence-corrected chi connectivity index (χ1v) is 25.3. The molecule has 4 fully saturated rings. The highest BCUT2D eigenvalue weighted by Gasteiger charge is 2.50. The van der Waals surface area contributed by atoms with Gasteiger partial charge in [0.2, 0.25) is 11.8 Å². The minimum atomic E-state index is -1.15. The van der Waals surface area contributed by atoms with Crippen molar-refractivity contribution >= 4 is 28.7 Å². The number of amides is 2. The van der Waals surface area contributed by atoms with Crippen LogP contribution >= 0.6 is 0 Å². The van der Waals surface area contributed by atoms with E-state index in [0.29, 0.717) is 62.5 Å². The molecule has 1 aromatic carbocycles. The molecule has 2 N–H and O–H groups in total. The molecule has 368 valence electrons. The molecule has 15 nitrogen and oxygen atoms in total. The summed E-state index contributed by atoms with van der Waals surface area (Å²) in [4.78, 5) is 55.5. The van der Waals surface area contributed by atoms with Gasteiger partial charge in [-0.1, -0.05) is 41.5 Å². The van der Waals surface area contributed by atoms with E-state index in [4.69, 9.17) is 33.3 Å². The molecular formula is C53H73N7O8. The molecule has 8 atom stereocenters. The number of fused-ring (bicyclic) bond motifs is 7. The van der Waals surface area contributed by atoms with Crippen LogP contribution < -0.4 is 10.7 Å². The van der Waals surface area contributed by atoms with E-state index in [2.05, 4.69) is 86.1 Å². The molecule has 3 saturated heterocycles. The highest BCUT2D eigenvalue weighted by molar-refractivity contribution is 5.95. The van der Waals surface area contributed by atoms with Gasteiger partial charge in [0, 0.05) is 71.8 Å². The van der Waals surface area contributed by atoms with Crippen LogP contribution in [0, 0.1) is 23.2 Å². The average molecular weight is 936 g/mol. The van der Waals surface area contributed by atoms with Crippen molar-refractivity contribution in [3.8, 4) is 22.7 Å². The third kappa shape index (κ3) is 9.88. The SMILES string of the molecule is CCO[C@@H]1c2coc(n2)-c2ccc3c(c2)c(c(-c2cc([C@@H]4CCN5CCOCC5C4)cnc2C(C)C)n3CCOC(C)C)CC(C)(C)COC(=O)[C@@H]2CCCN(N2)C(=O)[C@H]1NC(=O)C1[C@@H](C)[C@H]1C. The Morgan fingerprint density at radius 1 is 1.06 bits per heavy atom. The number of rotatable bonds is 11. The Hall–Kier alpha value is -4.67. The number of morpholine rings is 1. The number of piperidine rings is 1. The molecule has 3 aromatic heterocycles. The minimum absolute atomic E-state index is 0.0522. The number of pyridine rings is 1. The number of hydrogen-bond acceptors (Lipinski definition) is 12. The molecule has 2 amide bonds. The van der Waals surface area contributed by atoms with E-state index in [0.717, 1.165) is 78.1 Å². The lowest BCUT2D eigenvalue weighted by Crippen LogP contribution is -2.61. The van der Waals surface area contributed by atoms with E-state index in [1.54, 1.807) is 0 Å². The Bertz CT molecular complexity index is 2470. The number of nitrogens with zero attached hydrogens (tertiary/aromatic N) is 5. The first kappa shape index (κ1) is 48.4. The first-order chi connectivity index (χ1) is 32.6. The summed E-state index contributed by atoms with van der Waals surface area (Å²) in [5.41, 5.74) is 10.4. The molecule has 9 rings (SSSR count). The molecule has 6 bridgehead atoms. The number of nitrogens with one attached hydrogen (secondary N) is 2. The van der Waals surface area contributed by atoms with E-state index in [1.165, 1.54) is 16.8 Å². The smallest absolute Gasteiger partial charge is 0.324 e. The largest absolute Gasteiger partial charge is 0.464 e. The minimum Gasteiger partial charge on any atom is -0.464 e. The summed E-state index contributed by atoms with van der Waals surface area (Å²) in [6, 6.07) is 7.21. The second-order valence-corrected chi connectivity index (χ2v) is 21.4. The van der Waals surface area contributed by atoms with Crippen molar-refractivity contribution in [3.05, 3.63) is 59.2 Å². The molecule has 5 aliphatic rings. The number of oxazole rings is 1. The van der Waals surface area contributed by atoms with Gasteiger partial charge in [-0.3, -0.25) is 29.3 Å². The summed E-state index contributed by atoms with van der Waals surface area (Å²) in [7, 11) is 0. The zero-order chi connectivity index (χ0) is 48.0. The number of cyclic esters (lactones) is 1. The van der Waals surface area contributed by atoms with Gasteiger partial charge in [0.1, 0.15) is 30.1 Å². The number of hydrazine groups is 1. The summed E-state index contributed by atoms with van der Waals surface area (Å²) >= 11 is 0. The van der Waals surface area contributed by atoms with Gasteiger partial charge in [-0.25, -0.2) is 10.4 Å². The van der Waals surface area contributed by atoms with E-state index in [9.17, 15) is 14.4 Å². The zero-order valence-electron chi connectivity index (χ0n) is 41.6. The Balaban J connectivity index is 1.20. The van der Waals surface area contributed by atoms with Gasteiger partial charge < -0.3 is 33.2 Å². The highest BCUT2D eigenvalue weighted by atomic mass is 16.5. The van der Waals surface area contributed by atoms with Gasteiger partial charge in [-0.15, -0.1) is 0 Å². The molecule has 68 heavy (non-hydrogen) atoms. The number of carbonyl (C=O) groups is 3. The van der Waals surface area contributed by atoms with Gasteiger partial charge in [0.25, 0.3) is 5.91 Å². The van der Waals surface area contributed by atoms with Crippen molar-refractivity contribution in [2.45, 2.75) is 143 Å². The highest BCUT2D eigenvalue weighted by Crippen LogP contribution is 2.46. The molecule has 15 heteroatoms. The van der Waals surface area contributed by atoms with Crippen LogP contribution in [-0.2, 0) is 46.3 Å². The molecule has 2 unspecified atom stereocenters. The van der Waals surface area contributed by atoms with Crippen molar-refractivity contribution in [1.82, 2.24) is 35.2 Å². The fraction of sp³-hybridized carbons (Fsp3) is 0.642. The summed E-state index contributed by atoms with van der Waals surface area (Å²) in [6.07, 6.45) is 6.43. The predicted octanol–water partition coefficient (Wildman–Crippen LogP) is 7.57. The third-order valence-electron chi connectivity index (χ3n) is 15.2. The second-order valence-electron chi connectivity index (χ2n) is 21.4. The number of carbonyl (C=O) groups excluding carboxylic acids is 3. The van der Waals surface area contributed by atoms with Crippen LogP contribution in [0.25, 0.3) is 33.6 Å². The molecule has 1 aliphatic carbocycles. The van der Waals surface area contributed by atoms with Crippen molar-refractivity contribution < 1.29 is 37.7 Å². The predicted molar refractivity (Wildman–Crippen MR) is 258 cm³/mol. The molecule has 4 aromatic rings. The summed E-state index contributed by atoms with van der Waals surface area (Å²) in [5, 5.41) is 5.54. The summed E-state index contributed by atoms with van der Waals surface area (Å²) in [5.74, 6) is -0.0565. The third-order valence-corrected chi connectivity index (χ3v) is 15.2. The van der Waals surface area contributed by atoms with Gasteiger partial charge in [0.05, 0.1) is 43.9 Å². The topological polar surface area (TPSA) is 163 Å². The standard InChI is InChI=1S/C53H73N7O8/c1-10-65-48-42-28-67-50(55-42)35-13-14-43-38(23-35)40(25-53(8,9)29-68-52(63)41-12-11-16-60(57-41)51(62)46(48)56-49(61)44-32(6)33(44)7)47(59(43)19-21-66-31(4)5)39-24-36(26-54-45(39)30(2)3)34-15-17-58-18-20-64-27-37(58)22-34/h13-14,23-24,26,28,30-34,37,41,44,46,48,57H,10-12,15-22,25,27,29H2,1-9H3,(H,56,61)/t32-,33+,34-,37?,41+,44?,46+,48-/m1/s1. The van der Waals surface area contributed by atoms with Crippen LogP contribution in [0.1, 0.15) is 128 Å². The number of hydrogen-bond donors (Lipinski definition) is 2. The average Bonchev–Trinajstić information content (AvgIpc) is 3.59. The monoisotopic (exact) mass is 936 g/mol. The maximum Gasteiger partial charge on any atom is 0.324 e. The van der Waals surface area contributed by atoms with E-state index in [-0.39, 0.29) is 48.9 Å². The van der Waals surface area contributed by atoms with Crippen LogP contribution in [-0.4, -0.2) is 119 Å². The maximum atomic E-state index is 14.7. The van der Waals surface area contributed by atoms with E-state index in [1.807, 2.05) is 26.8 Å². The number of aromatic nitrogens is 3. The summed E-state index contributed by atoms with van der Waals surface area (Å²) in [6.45, 7) is 24.2. The Morgan fingerprint density at radius 2 is 1.87 bits per heavy atom. The van der Waals surface area contributed by atoms with Gasteiger partial charge in [0.15, 0.2) is 0 Å². The second kappa shape index (κ2) is 20.0. The van der Waals surface area contributed by atoms with Crippen LogP contribution in [0.2, 0.25) is 0 Å². The maximum absolute atomic E-state index is 14.7. The van der Waals surface area contributed by atoms with E-state index < -0.39 is 35.5 Å². The molecule has 0 radical (unpaired) electrons. The van der Waals surface area contributed by atoms with Crippen LogP contribution in [0.3, 0.4) is 0 Å². The van der Waals surface area contributed by atoms with E-state index >= 15 is 0 Å². The van der Waals surface area contributed by atoms with Gasteiger partial charge >= 0.3 is 5.97 Å². The Morgan fingerprint density at radius 3 is 2.62 bits per heavy atom. The lowest BCUT2D eigenvalue weighted by molar-refractivity contribution is -0.156. The lowest BCUT2D eigenvalue weighted by atomic mass is 9.82. The summed E-state index contributed by atoms with van der Waals surface area (Å²) < 4.78 is 33.6. The number of esters is 1. The van der Waals surface area contributed by atoms with Crippen molar-refractivity contribution in [2.75, 3.05) is 52.7 Å². The Kier molecular flexibility index (Phi) is 14.2. The van der Waals surface area contributed by atoms with Crippen LogP contribution in [0.15, 0.2) is 41.1 Å². The Labute approximate surface area is 401 Å². The molecule has 7 heterocycles. The number of ether oxygens (including phenoxy) is 4. The number of benzene rings is 1. The van der Waals surface area contributed by atoms with Crippen molar-refractivity contribution in [2.24, 2.45) is 23.2 Å². The van der Waals surface area contributed by atoms with Crippen molar-refractivity contribution in [3.63, 3.8) is 0 Å². The van der Waals surface area contributed by atoms with Crippen LogP contribution in [0.4, 0.5) is 0 Å². The molecule has 4 aliphatic heterocycles. The molecule has 1 saturated carbocycles. The van der Waals surface area contributed by atoms with Crippen LogP contribution in [0.5, 0.6) is 0 Å². The van der Waals surface area contributed by atoms with Crippen molar-refractivity contribution in [1.29, 1.82) is 0 Å². The first-order valence-electron chi connectivity index (χ1n) is 25.3.